The van der Waals surface area contributed by atoms with Crippen molar-refractivity contribution in [3.05, 3.63) is 109 Å². The molecule has 6 heteroatoms. The molecule has 0 aliphatic rings. The number of hydrogen-bond donors (Lipinski definition) is 3. The molecule has 0 heterocycles. The van der Waals surface area contributed by atoms with Crippen LogP contribution in [-0.4, -0.2) is 46.9 Å². The summed E-state index contributed by atoms with van der Waals surface area (Å²) < 4.78 is 5.88. The molecule has 59 heavy (non-hydrogen) atoms. The van der Waals surface area contributed by atoms with Gasteiger partial charge in [0.15, 0.2) is 0 Å². The Morgan fingerprint density at radius 3 is 1.59 bits per heavy atom. The second-order valence-electron chi connectivity index (χ2n) is 15.5. The summed E-state index contributed by atoms with van der Waals surface area (Å²) in [5, 5.41) is 23.6. The maximum atomic E-state index is 13.1. The first-order chi connectivity index (χ1) is 29.0. The van der Waals surface area contributed by atoms with Crippen LogP contribution in [-0.2, 0) is 14.3 Å². The Morgan fingerprint density at radius 2 is 1.00 bits per heavy atom. The lowest BCUT2D eigenvalue weighted by atomic mass is 10.0. The molecule has 0 aromatic heterocycles. The van der Waals surface area contributed by atoms with Crippen LogP contribution in [0.4, 0.5) is 0 Å². The summed E-state index contributed by atoms with van der Waals surface area (Å²) in [5.74, 6) is -0.561. The SMILES string of the molecule is CC\C=C/C=C/C=C/C=C\C=C\C=C\CCCCCC(=O)OC(CCCCCC/C=C/C/C=C/C/C=C/CC)CC(=O)NC(CO)C(O)CCCCCCCCCCC. The minimum Gasteiger partial charge on any atom is -0.462 e. The fourth-order valence-electron chi connectivity index (χ4n) is 6.47. The van der Waals surface area contributed by atoms with Gasteiger partial charge >= 0.3 is 5.97 Å². The summed E-state index contributed by atoms with van der Waals surface area (Å²) in [5.41, 5.74) is 0. The van der Waals surface area contributed by atoms with Gasteiger partial charge in [-0.15, -0.1) is 0 Å². The molecule has 0 radical (unpaired) electrons. The van der Waals surface area contributed by atoms with Crippen molar-refractivity contribution in [2.75, 3.05) is 6.61 Å². The number of esters is 1. The van der Waals surface area contributed by atoms with E-state index in [0.717, 1.165) is 103 Å². The predicted octanol–water partition coefficient (Wildman–Crippen LogP) is 13.9. The van der Waals surface area contributed by atoms with E-state index in [2.05, 4.69) is 80.8 Å². The lowest BCUT2D eigenvalue weighted by Gasteiger charge is -2.24. The maximum Gasteiger partial charge on any atom is 0.306 e. The lowest BCUT2D eigenvalue weighted by molar-refractivity contribution is -0.151. The van der Waals surface area contributed by atoms with Gasteiger partial charge in [-0.1, -0.05) is 207 Å². The quantitative estimate of drug-likeness (QED) is 0.0248. The number of carbonyl (C=O) groups excluding carboxylic acids is 2. The molecule has 0 aromatic rings. The summed E-state index contributed by atoms with van der Waals surface area (Å²) >= 11 is 0. The third kappa shape index (κ3) is 41.1. The minimum absolute atomic E-state index is 0.0367. The maximum absolute atomic E-state index is 13.1. The molecule has 6 nitrogen and oxygen atoms in total. The van der Waals surface area contributed by atoms with Gasteiger partial charge in [0.25, 0.3) is 0 Å². The fraction of sp³-hybridized carbons (Fsp3) is 0.623. The van der Waals surface area contributed by atoms with Gasteiger partial charge in [-0.25, -0.2) is 0 Å². The Morgan fingerprint density at radius 1 is 0.525 bits per heavy atom. The molecule has 0 aromatic carbocycles. The fourth-order valence-corrected chi connectivity index (χ4v) is 6.47. The van der Waals surface area contributed by atoms with Gasteiger partial charge in [-0.05, 0) is 77.0 Å². The van der Waals surface area contributed by atoms with Crippen LogP contribution in [0.5, 0.6) is 0 Å². The van der Waals surface area contributed by atoms with Crippen LogP contribution < -0.4 is 5.32 Å². The van der Waals surface area contributed by atoms with Gasteiger partial charge in [0.2, 0.25) is 5.91 Å². The Hall–Kier alpha value is -3.48. The molecular weight excluding hydrogens is 731 g/mol. The van der Waals surface area contributed by atoms with Gasteiger partial charge in [-0.3, -0.25) is 9.59 Å². The van der Waals surface area contributed by atoms with Crippen molar-refractivity contribution in [1.82, 2.24) is 5.32 Å². The highest BCUT2D eigenvalue weighted by molar-refractivity contribution is 5.77. The van der Waals surface area contributed by atoms with Crippen LogP contribution in [0.15, 0.2) is 109 Å². The summed E-state index contributed by atoms with van der Waals surface area (Å²) in [7, 11) is 0. The number of unbranched alkanes of at least 4 members (excludes halogenated alkanes) is 15. The van der Waals surface area contributed by atoms with E-state index in [4.69, 9.17) is 4.74 Å². The highest BCUT2D eigenvalue weighted by Gasteiger charge is 2.24. The van der Waals surface area contributed by atoms with Crippen molar-refractivity contribution in [3.63, 3.8) is 0 Å². The second kappa shape index (κ2) is 45.6. The molecule has 0 aliphatic carbocycles. The molecule has 3 unspecified atom stereocenters. The van der Waals surface area contributed by atoms with E-state index < -0.39 is 18.2 Å². The van der Waals surface area contributed by atoms with Gasteiger partial charge in [0.05, 0.1) is 25.2 Å². The van der Waals surface area contributed by atoms with Crippen LogP contribution in [0.25, 0.3) is 0 Å². The number of aliphatic hydroxyl groups is 2. The Labute approximate surface area is 362 Å². The average molecular weight is 818 g/mol. The number of aliphatic hydroxyl groups excluding tert-OH is 2. The monoisotopic (exact) mass is 818 g/mol. The van der Waals surface area contributed by atoms with Gasteiger partial charge < -0.3 is 20.3 Å². The molecule has 0 fully saturated rings. The highest BCUT2D eigenvalue weighted by Crippen LogP contribution is 2.16. The van der Waals surface area contributed by atoms with Crippen molar-refractivity contribution < 1.29 is 24.5 Å². The van der Waals surface area contributed by atoms with Crippen molar-refractivity contribution in [2.24, 2.45) is 0 Å². The normalized spacial score (nSPS) is 14.3. The summed E-state index contributed by atoms with van der Waals surface area (Å²) in [6, 6.07) is -0.724. The first kappa shape index (κ1) is 55.5. The van der Waals surface area contributed by atoms with Crippen LogP contribution >= 0.6 is 0 Å². The van der Waals surface area contributed by atoms with E-state index in [1.54, 1.807) is 0 Å². The first-order valence-corrected chi connectivity index (χ1v) is 23.7. The number of carbonyl (C=O) groups is 2. The topological polar surface area (TPSA) is 95.9 Å². The second-order valence-corrected chi connectivity index (χ2v) is 15.5. The van der Waals surface area contributed by atoms with E-state index >= 15 is 0 Å². The lowest BCUT2D eigenvalue weighted by Crippen LogP contribution is -2.46. The van der Waals surface area contributed by atoms with Crippen LogP contribution in [0, 0.1) is 0 Å². The summed E-state index contributed by atoms with van der Waals surface area (Å²) in [6.45, 7) is 6.17. The van der Waals surface area contributed by atoms with Gasteiger partial charge in [-0.2, -0.15) is 0 Å². The number of hydrogen-bond acceptors (Lipinski definition) is 5. The van der Waals surface area contributed by atoms with Crippen molar-refractivity contribution in [1.29, 1.82) is 0 Å². The molecule has 0 rings (SSSR count). The number of rotatable bonds is 40. The first-order valence-electron chi connectivity index (χ1n) is 23.7. The molecule has 1 amide bonds. The Balaban J connectivity index is 4.76. The zero-order chi connectivity index (χ0) is 43.1. The van der Waals surface area contributed by atoms with E-state index in [-0.39, 0.29) is 24.9 Å². The van der Waals surface area contributed by atoms with Crippen LogP contribution in [0.1, 0.15) is 188 Å². The Bertz CT molecular complexity index is 1240. The standard InChI is InChI=1S/C53H87NO5/c1-4-7-10-13-16-19-21-23-25-26-27-29-31-34-37-40-43-46-53(58)59-49(44-41-38-35-33-30-28-24-22-20-17-14-11-8-5-2)47-52(57)54-50(48-55)51(56)45-42-39-36-32-18-15-12-9-6-3/h7-8,10-11,13,16-17,19-21,23-29,31,49-51,55-56H,4-6,9,12,14-15,18,22,30,32-48H2,1-3H3,(H,54,57)/b10-7-,11-8+,16-13+,20-17+,21-19+,25-23-,27-26+,28-24+,31-29+. The molecule has 334 valence electrons. The summed E-state index contributed by atoms with van der Waals surface area (Å²) in [6.07, 6.45) is 61.4. The van der Waals surface area contributed by atoms with E-state index in [9.17, 15) is 19.8 Å². The minimum atomic E-state index is -0.807. The van der Waals surface area contributed by atoms with Crippen LogP contribution in [0.2, 0.25) is 0 Å². The molecule has 0 spiro atoms. The molecule has 0 saturated heterocycles. The zero-order valence-electron chi connectivity index (χ0n) is 37.8. The summed E-state index contributed by atoms with van der Waals surface area (Å²) in [4.78, 5) is 26.0. The molecule has 0 bridgehead atoms. The third-order valence-electron chi connectivity index (χ3n) is 10.0. The van der Waals surface area contributed by atoms with Crippen molar-refractivity contribution >= 4 is 11.9 Å². The largest absolute Gasteiger partial charge is 0.462 e. The highest BCUT2D eigenvalue weighted by atomic mass is 16.5. The molecular formula is C53H87NO5. The van der Waals surface area contributed by atoms with Crippen molar-refractivity contribution in [3.8, 4) is 0 Å². The molecule has 0 saturated carbocycles. The average Bonchev–Trinajstić information content (AvgIpc) is 3.23. The molecule has 3 atom stereocenters. The Kier molecular flexibility index (Phi) is 42.9. The number of nitrogens with one attached hydrogen (secondary N) is 1. The number of ether oxygens (including phenoxy) is 1. The number of allylic oxidation sites excluding steroid dienone is 18. The van der Waals surface area contributed by atoms with E-state index in [1.165, 1.54) is 38.5 Å². The van der Waals surface area contributed by atoms with Gasteiger partial charge in [0, 0.05) is 6.42 Å². The van der Waals surface area contributed by atoms with E-state index in [0.29, 0.717) is 19.3 Å². The third-order valence-corrected chi connectivity index (χ3v) is 10.0. The predicted molar refractivity (Wildman–Crippen MR) is 254 cm³/mol. The molecule has 0 aliphatic heterocycles. The number of amides is 1. The van der Waals surface area contributed by atoms with Crippen molar-refractivity contribution in [2.45, 2.75) is 206 Å². The van der Waals surface area contributed by atoms with Gasteiger partial charge in [0.1, 0.15) is 6.10 Å². The van der Waals surface area contributed by atoms with E-state index in [1.807, 2.05) is 54.7 Å². The smallest absolute Gasteiger partial charge is 0.306 e. The zero-order valence-corrected chi connectivity index (χ0v) is 37.8. The van der Waals surface area contributed by atoms with Crippen LogP contribution in [0.3, 0.4) is 0 Å². The molecule has 3 N–H and O–H groups in total.